The highest BCUT2D eigenvalue weighted by Crippen LogP contribution is 2.45. The average Bonchev–Trinajstić information content (AvgIpc) is 3.42. The van der Waals surface area contributed by atoms with Gasteiger partial charge in [0.05, 0.1) is 21.7 Å². The van der Waals surface area contributed by atoms with Crippen LogP contribution in [-0.4, -0.2) is 33.2 Å². The van der Waals surface area contributed by atoms with Gasteiger partial charge in [-0.1, -0.05) is 12.1 Å². The van der Waals surface area contributed by atoms with E-state index in [-0.39, 0.29) is 17.5 Å². The van der Waals surface area contributed by atoms with Crippen molar-refractivity contribution in [3.8, 4) is 10.6 Å². The summed E-state index contributed by atoms with van der Waals surface area (Å²) in [5.41, 5.74) is 3.63. The fourth-order valence-corrected chi connectivity index (χ4v) is 6.38. The van der Waals surface area contributed by atoms with Gasteiger partial charge in [0, 0.05) is 42.1 Å². The number of rotatable bonds is 5. The quantitative estimate of drug-likeness (QED) is 0.220. The van der Waals surface area contributed by atoms with E-state index in [0.29, 0.717) is 30.1 Å². The number of para-hydroxylation sites is 1. The van der Waals surface area contributed by atoms with E-state index in [0.717, 1.165) is 31.2 Å². The monoisotopic (exact) mass is 504 g/mol. The Kier molecular flexibility index (Phi) is 6.14. The van der Waals surface area contributed by atoms with Crippen LogP contribution in [0.15, 0.2) is 54.6 Å². The summed E-state index contributed by atoms with van der Waals surface area (Å²) in [4.78, 5) is 42.8. The number of nitrogens with zero attached hydrogens (tertiary/aromatic N) is 3. The maximum absolute atomic E-state index is 12.8. The van der Waals surface area contributed by atoms with Crippen LogP contribution in [0.5, 0.6) is 0 Å². The molecule has 0 radical (unpaired) electrons. The van der Waals surface area contributed by atoms with Crippen LogP contribution in [0.3, 0.4) is 0 Å². The first kappa shape index (κ1) is 22.9. The van der Waals surface area contributed by atoms with Crippen molar-refractivity contribution in [2.45, 2.75) is 19.9 Å². The third kappa shape index (κ3) is 4.71. The molecule has 3 heterocycles. The van der Waals surface area contributed by atoms with Crippen molar-refractivity contribution < 1.29 is 14.5 Å². The second-order valence-electron chi connectivity index (χ2n) is 8.06. The van der Waals surface area contributed by atoms with Crippen molar-refractivity contribution in [2.75, 3.05) is 11.9 Å². The molecular weight excluding hydrogens is 484 g/mol. The van der Waals surface area contributed by atoms with Gasteiger partial charge < -0.3 is 10.2 Å². The molecule has 0 saturated heterocycles. The van der Waals surface area contributed by atoms with Crippen LogP contribution >= 0.6 is 22.7 Å². The van der Waals surface area contributed by atoms with Gasteiger partial charge in [0.15, 0.2) is 0 Å². The molecule has 35 heavy (non-hydrogen) atoms. The summed E-state index contributed by atoms with van der Waals surface area (Å²) in [6.45, 7) is 2.71. The first-order valence-electron chi connectivity index (χ1n) is 10.9. The van der Waals surface area contributed by atoms with E-state index in [1.54, 1.807) is 41.4 Å². The lowest BCUT2D eigenvalue weighted by Crippen LogP contribution is -2.33. The maximum Gasteiger partial charge on any atom is 0.269 e. The Labute approximate surface area is 208 Å². The third-order valence-electron chi connectivity index (χ3n) is 5.78. The minimum Gasteiger partial charge on any atom is -0.337 e. The molecule has 0 saturated carbocycles. The molecule has 0 aliphatic carbocycles. The molecule has 2 aromatic heterocycles. The first-order valence-corrected chi connectivity index (χ1v) is 12.5. The number of amides is 2. The van der Waals surface area contributed by atoms with Crippen LogP contribution in [0.2, 0.25) is 0 Å². The minimum absolute atomic E-state index is 0.00384. The third-order valence-corrected chi connectivity index (χ3v) is 7.96. The number of benzene rings is 2. The van der Waals surface area contributed by atoms with Crippen LogP contribution in [0, 0.1) is 10.1 Å². The predicted molar refractivity (Wildman–Crippen MR) is 138 cm³/mol. The molecule has 0 bridgehead atoms. The molecule has 0 fully saturated rings. The smallest absolute Gasteiger partial charge is 0.269 e. The summed E-state index contributed by atoms with van der Waals surface area (Å²) >= 11 is 3.06. The number of nitro groups is 1. The number of anilines is 1. The normalized spacial score (nSPS) is 13.2. The first-order chi connectivity index (χ1) is 16.9. The molecule has 176 valence electrons. The number of non-ortho nitro benzene ring substituents is 1. The molecule has 0 unspecified atom stereocenters. The molecule has 0 spiro atoms. The van der Waals surface area contributed by atoms with Gasteiger partial charge in [-0.15, -0.1) is 22.7 Å². The Hall–Kier alpha value is -3.89. The van der Waals surface area contributed by atoms with Crippen molar-refractivity contribution in [3.63, 3.8) is 0 Å². The number of thiophene rings is 1. The number of thiazole rings is 1. The molecule has 2 aromatic carbocycles. The van der Waals surface area contributed by atoms with Crippen molar-refractivity contribution >= 4 is 61.5 Å². The standard InChI is InChI=1S/C25H20N4O4S2/c1-15(30)28-13-12-18-21(14-28)35-25(23(18)24-26-19-4-2-3-5-20(19)34-24)27-22(31)11-8-16-6-9-17(10-7-16)29(32)33/h2-11H,12-14H2,1H3,(H,27,31)/b11-8+. The van der Waals surface area contributed by atoms with Gasteiger partial charge in [-0.25, -0.2) is 4.98 Å². The number of nitro benzene ring substituents is 1. The summed E-state index contributed by atoms with van der Waals surface area (Å²) in [6, 6.07) is 13.9. The molecule has 1 aliphatic heterocycles. The zero-order valence-electron chi connectivity index (χ0n) is 18.7. The van der Waals surface area contributed by atoms with Crippen LogP contribution in [-0.2, 0) is 22.6 Å². The lowest BCUT2D eigenvalue weighted by Gasteiger charge is -2.25. The van der Waals surface area contributed by atoms with E-state index in [2.05, 4.69) is 5.32 Å². The van der Waals surface area contributed by atoms with Gasteiger partial charge in [-0.2, -0.15) is 0 Å². The van der Waals surface area contributed by atoms with E-state index < -0.39 is 4.92 Å². The number of carbonyl (C=O) groups excluding carboxylic acids is 2. The molecule has 1 N–H and O–H groups in total. The Bertz CT molecular complexity index is 1450. The molecule has 1 aliphatic rings. The van der Waals surface area contributed by atoms with Gasteiger partial charge in [-0.3, -0.25) is 19.7 Å². The highest BCUT2D eigenvalue weighted by atomic mass is 32.1. The van der Waals surface area contributed by atoms with Crippen molar-refractivity contribution in [1.29, 1.82) is 0 Å². The zero-order valence-corrected chi connectivity index (χ0v) is 20.3. The largest absolute Gasteiger partial charge is 0.337 e. The Morgan fingerprint density at radius 1 is 1.14 bits per heavy atom. The van der Waals surface area contributed by atoms with E-state index in [1.807, 2.05) is 24.3 Å². The second-order valence-corrected chi connectivity index (χ2v) is 10.2. The van der Waals surface area contributed by atoms with E-state index >= 15 is 0 Å². The topological polar surface area (TPSA) is 105 Å². The number of carbonyl (C=O) groups is 2. The summed E-state index contributed by atoms with van der Waals surface area (Å²) in [5.74, 6) is -0.282. The van der Waals surface area contributed by atoms with Gasteiger partial charge in [0.2, 0.25) is 11.8 Å². The molecule has 2 amide bonds. The van der Waals surface area contributed by atoms with Gasteiger partial charge in [-0.05, 0) is 47.9 Å². The van der Waals surface area contributed by atoms with Gasteiger partial charge >= 0.3 is 0 Å². The molecule has 0 atom stereocenters. The maximum atomic E-state index is 12.8. The molecule has 4 aromatic rings. The lowest BCUT2D eigenvalue weighted by atomic mass is 10.0. The number of aromatic nitrogens is 1. The summed E-state index contributed by atoms with van der Waals surface area (Å²) in [5, 5.41) is 15.4. The Balaban J connectivity index is 1.46. The zero-order chi connectivity index (χ0) is 24.5. The van der Waals surface area contributed by atoms with Gasteiger partial charge in [0.1, 0.15) is 10.0 Å². The van der Waals surface area contributed by atoms with E-state index in [4.69, 9.17) is 4.98 Å². The number of hydrogen-bond acceptors (Lipinski definition) is 7. The van der Waals surface area contributed by atoms with Crippen LogP contribution in [0.25, 0.3) is 26.9 Å². The van der Waals surface area contributed by atoms with Gasteiger partial charge in [0.25, 0.3) is 5.69 Å². The lowest BCUT2D eigenvalue weighted by molar-refractivity contribution is -0.384. The minimum atomic E-state index is -0.463. The van der Waals surface area contributed by atoms with Crippen LogP contribution in [0.1, 0.15) is 22.9 Å². The van der Waals surface area contributed by atoms with E-state index in [1.165, 1.54) is 29.5 Å². The predicted octanol–water partition coefficient (Wildman–Crippen LogP) is 5.49. The average molecular weight is 505 g/mol. The molecule has 8 nitrogen and oxygen atoms in total. The van der Waals surface area contributed by atoms with Crippen LogP contribution < -0.4 is 5.32 Å². The summed E-state index contributed by atoms with van der Waals surface area (Å²) in [7, 11) is 0. The van der Waals surface area contributed by atoms with Crippen molar-refractivity contribution in [2.24, 2.45) is 0 Å². The Morgan fingerprint density at radius 3 is 2.63 bits per heavy atom. The second kappa shape index (κ2) is 9.40. The molecule has 10 heteroatoms. The summed E-state index contributed by atoms with van der Waals surface area (Å²) < 4.78 is 1.07. The highest BCUT2D eigenvalue weighted by molar-refractivity contribution is 7.23. The summed E-state index contributed by atoms with van der Waals surface area (Å²) in [6.07, 6.45) is 3.72. The SMILES string of the molecule is CC(=O)N1CCc2c(sc(NC(=O)/C=C/c3ccc([N+](=O)[O-])cc3)c2-c2nc3ccccc3s2)C1. The van der Waals surface area contributed by atoms with Crippen LogP contribution in [0.4, 0.5) is 10.7 Å². The Morgan fingerprint density at radius 2 is 1.91 bits per heavy atom. The molecule has 5 rings (SSSR count). The fourth-order valence-electron chi connectivity index (χ4n) is 4.00. The number of hydrogen-bond donors (Lipinski definition) is 1. The van der Waals surface area contributed by atoms with Crippen molar-refractivity contribution in [1.82, 2.24) is 9.88 Å². The highest BCUT2D eigenvalue weighted by Gasteiger charge is 2.28. The fraction of sp³-hybridized carbons (Fsp3) is 0.160. The number of nitrogens with one attached hydrogen (secondary N) is 1. The number of fused-ring (bicyclic) bond motifs is 2. The molecular formula is C25H20N4O4S2. The van der Waals surface area contributed by atoms with E-state index in [9.17, 15) is 19.7 Å². The van der Waals surface area contributed by atoms with Crippen molar-refractivity contribution in [3.05, 3.63) is 80.7 Å².